The number of likely N-dealkylation sites (tertiary alicyclic amines) is 1. The summed E-state index contributed by atoms with van der Waals surface area (Å²) < 4.78 is 11.3. The number of carbonyl (C=O) groups excluding carboxylic acids is 3. The Morgan fingerprint density at radius 2 is 1.53 bits per heavy atom. The molecule has 2 bridgehead atoms. The number of nitrogens with zero attached hydrogens (tertiary/aromatic N) is 1. The van der Waals surface area contributed by atoms with Crippen LogP contribution in [0.15, 0.2) is 48.5 Å². The summed E-state index contributed by atoms with van der Waals surface area (Å²) in [6.07, 6.45) is 0.654. The second-order valence-electron chi connectivity index (χ2n) is 11.7. The van der Waals surface area contributed by atoms with E-state index in [0.717, 1.165) is 22.3 Å². The van der Waals surface area contributed by atoms with Gasteiger partial charge in [0.25, 0.3) is 7.48 Å². The highest BCUT2D eigenvalue weighted by atomic mass is 16.5. The van der Waals surface area contributed by atoms with Crippen molar-refractivity contribution >= 4 is 25.3 Å². The second kappa shape index (κ2) is 8.30. The third-order valence-corrected chi connectivity index (χ3v) is 8.75. The lowest BCUT2D eigenvalue weighted by Gasteiger charge is -2.53. The smallest absolute Gasteiger partial charge is 0.306 e. The van der Waals surface area contributed by atoms with Crippen molar-refractivity contribution in [1.82, 2.24) is 4.90 Å². The Morgan fingerprint density at radius 1 is 0.972 bits per heavy atom. The number of ether oxygens (including phenoxy) is 1. The molecule has 36 heavy (non-hydrogen) atoms. The highest BCUT2D eigenvalue weighted by Crippen LogP contribution is 2.64. The lowest BCUT2D eigenvalue weighted by atomic mass is 9.47. The van der Waals surface area contributed by atoms with Crippen LogP contribution in [0, 0.1) is 11.8 Å². The van der Waals surface area contributed by atoms with Crippen LogP contribution < -0.4 is 0 Å². The summed E-state index contributed by atoms with van der Waals surface area (Å²) in [6.45, 7) is 9.45. The SMILES string of the molecule is CCC(C)(C)N1C(=O)C2C3c4ccccc4C(COC(=O)C(C)(C)BOC)(c4ccccc43)C2C1=O. The summed E-state index contributed by atoms with van der Waals surface area (Å²) in [7, 11) is 1.77. The Bertz CT molecular complexity index is 1200. The quantitative estimate of drug-likeness (QED) is 0.336. The van der Waals surface area contributed by atoms with E-state index in [0.29, 0.717) is 6.42 Å². The van der Waals surface area contributed by atoms with Crippen molar-refractivity contribution in [2.75, 3.05) is 13.7 Å². The van der Waals surface area contributed by atoms with Gasteiger partial charge in [-0.2, -0.15) is 0 Å². The number of esters is 1. The van der Waals surface area contributed by atoms with Crippen LogP contribution in [0.3, 0.4) is 0 Å². The number of hydrogen-bond donors (Lipinski definition) is 0. The maximum absolute atomic E-state index is 14.3. The molecule has 2 aromatic carbocycles. The summed E-state index contributed by atoms with van der Waals surface area (Å²) in [5, 5.41) is -0.846. The van der Waals surface area contributed by atoms with Crippen LogP contribution >= 0.6 is 0 Å². The first kappa shape index (κ1) is 24.8. The third kappa shape index (κ3) is 3.18. The molecule has 2 atom stereocenters. The van der Waals surface area contributed by atoms with Crippen LogP contribution in [-0.2, 0) is 29.2 Å². The van der Waals surface area contributed by atoms with E-state index < -0.39 is 28.1 Å². The van der Waals surface area contributed by atoms with Gasteiger partial charge in [0.15, 0.2) is 0 Å². The van der Waals surface area contributed by atoms with Gasteiger partial charge in [0.1, 0.15) is 6.61 Å². The molecule has 0 spiro atoms. The fraction of sp³-hybridized carbons (Fsp3) is 0.483. The number of rotatable bonds is 7. The normalized spacial score (nSPS) is 26.4. The largest absolute Gasteiger partial charge is 0.464 e. The van der Waals surface area contributed by atoms with E-state index in [4.69, 9.17) is 9.39 Å². The molecule has 2 aromatic rings. The first-order valence-corrected chi connectivity index (χ1v) is 12.8. The van der Waals surface area contributed by atoms with Gasteiger partial charge in [0.2, 0.25) is 11.8 Å². The van der Waals surface area contributed by atoms with Crippen LogP contribution in [0.5, 0.6) is 0 Å². The molecule has 2 unspecified atom stereocenters. The minimum atomic E-state index is -0.948. The van der Waals surface area contributed by atoms with Crippen molar-refractivity contribution in [3.05, 3.63) is 70.8 Å². The number of carbonyl (C=O) groups is 3. The molecule has 3 aliphatic carbocycles. The monoisotopic (exact) mass is 487 g/mol. The fourth-order valence-corrected chi connectivity index (χ4v) is 6.72. The Balaban J connectivity index is 1.72. The molecule has 0 aromatic heterocycles. The molecule has 4 aliphatic rings. The van der Waals surface area contributed by atoms with Gasteiger partial charge >= 0.3 is 5.97 Å². The molecule has 0 saturated carbocycles. The molecule has 1 fully saturated rings. The van der Waals surface area contributed by atoms with Crippen LogP contribution in [0.25, 0.3) is 0 Å². The van der Waals surface area contributed by atoms with Crippen molar-refractivity contribution in [3.63, 3.8) is 0 Å². The summed E-state index contributed by atoms with van der Waals surface area (Å²) in [6, 6.07) is 16.1. The third-order valence-electron chi connectivity index (χ3n) is 8.75. The Hall–Kier alpha value is -2.93. The zero-order valence-corrected chi connectivity index (χ0v) is 22.0. The molecular weight excluding hydrogens is 453 g/mol. The Morgan fingerprint density at radius 3 is 2.06 bits per heavy atom. The van der Waals surface area contributed by atoms with Crippen LogP contribution in [0.4, 0.5) is 0 Å². The zero-order valence-electron chi connectivity index (χ0n) is 22.0. The molecule has 6 rings (SSSR count). The standard InChI is InChI=1S/C29H34BNO5/c1-7-27(2,3)31-24(32)22-21-17-12-8-10-14-19(17)29(23(22)25(31)33,20-15-11-9-13-18(20)21)16-36-26(34)28(4,5)30-35-6/h8-15,21-23,30H,7,16H2,1-6H3. The van der Waals surface area contributed by atoms with Crippen molar-refractivity contribution in [2.45, 2.75) is 63.2 Å². The first-order chi connectivity index (χ1) is 17.0. The molecule has 0 N–H and O–H groups in total. The average molecular weight is 487 g/mol. The lowest BCUT2D eigenvalue weighted by molar-refractivity contribution is -0.152. The van der Waals surface area contributed by atoms with E-state index in [1.807, 2.05) is 57.2 Å². The highest BCUT2D eigenvalue weighted by Gasteiger charge is 2.69. The maximum atomic E-state index is 14.3. The predicted molar refractivity (Wildman–Crippen MR) is 138 cm³/mol. The van der Waals surface area contributed by atoms with E-state index in [1.54, 1.807) is 21.0 Å². The van der Waals surface area contributed by atoms with Crippen LogP contribution in [0.2, 0.25) is 5.31 Å². The Kier molecular flexibility index (Phi) is 5.71. The molecule has 6 nitrogen and oxygen atoms in total. The number of amides is 2. The fourth-order valence-electron chi connectivity index (χ4n) is 6.72. The average Bonchev–Trinajstić information content (AvgIpc) is 3.14. The van der Waals surface area contributed by atoms with Gasteiger partial charge < -0.3 is 9.39 Å². The number of imide groups is 1. The van der Waals surface area contributed by atoms with Crippen LogP contribution in [-0.4, -0.2) is 49.4 Å². The van der Waals surface area contributed by atoms with Gasteiger partial charge in [-0.1, -0.05) is 69.3 Å². The number of benzene rings is 2. The van der Waals surface area contributed by atoms with Gasteiger partial charge in [-0.15, -0.1) is 0 Å². The van der Waals surface area contributed by atoms with E-state index >= 15 is 0 Å². The first-order valence-electron chi connectivity index (χ1n) is 12.8. The van der Waals surface area contributed by atoms with Gasteiger partial charge in [0.05, 0.1) is 22.6 Å². The molecule has 1 saturated heterocycles. The van der Waals surface area contributed by atoms with E-state index in [9.17, 15) is 14.4 Å². The molecule has 188 valence electrons. The molecule has 2 amide bonds. The van der Waals surface area contributed by atoms with Crippen molar-refractivity contribution in [1.29, 1.82) is 0 Å². The van der Waals surface area contributed by atoms with Gasteiger partial charge in [-0.05, 0) is 42.5 Å². The minimum Gasteiger partial charge on any atom is -0.464 e. The molecule has 1 heterocycles. The number of hydrogen-bond acceptors (Lipinski definition) is 5. The summed E-state index contributed by atoms with van der Waals surface area (Å²) in [4.78, 5) is 43.1. The predicted octanol–water partition coefficient (Wildman–Crippen LogP) is 3.96. The van der Waals surface area contributed by atoms with Crippen LogP contribution in [0.1, 0.15) is 69.2 Å². The van der Waals surface area contributed by atoms with Gasteiger partial charge in [-0.25, -0.2) is 0 Å². The minimum absolute atomic E-state index is 0.0136. The second-order valence-corrected chi connectivity index (χ2v) is 11.7. The van der Waals surface area contributed by atoms with Gasteiger partial charge in [-0.3, -0.25) is 19.3 Å². The maximum Gasteiger partial charge on any atom is 0.306 e. The van der Waals surface area contributed by atoms with Crippen molar-refractivity contribution in [3.8, 4) is 0 Å². The Labute approximate surface area is 213 Å². The van der Waals surface area contributed by atoms with Crippen molar-refractivity contribution < 1.29 is 23.8 Å². The molecule has 0 radical (unpaired) electrons. The summed E-state index contributed by atoms with van der Waals surface area (Å²) in [5.74, 6) is -2.05. The van der Waals surface area contributed by atoms with Crippen molar-refractivity contribution in [2.24, 2.45) is 11.8 Å². The lowest BCUT2D eigenvalue weighted by Crippen LogP contribution is -2.56. The molecule has 1 aliphatic heterocycles. The topological polar surface area (TPSA) is 72.9 Å². The summed E-state index contributed by atoms with van der Waals surface area (Å²) >= 11 is 0. The van der Waals surface area contributed by atoms with E-state index in [2.05, 4.69) is 12.1 Å². The summed E-state index contributed by atoms with van der Waals surface area (Å²) in [5.41, 5.74) is 2.48. The molecule has 7 heteroatoms. The van der Waals surface area contributed by atoms with Gasteiger partial charge in [0, 0.05) is 18.6 Å². The highest BCUT2D eigenvalue weighted by molar-refractivity contribution is 6.39. The zero-order chi connectivity index (χ0) is 26.0. The molecular formula is C29H34BNO5. The van der Waals surface area contributed by atoms with E-state index in [-0.39, 0.29) is 37.8 Å². The van der Waals surface area contributed by atoms with E-state index in [1.165, 1.54) is 4.90 Å².